The van der Waals surface area contributed by atoms with Gasteiger partial charge in [-0.1, -0.05) is 152 Å². The smallest absolute Gasteiger partial charge is 0.0648 e. The summed E-state index contributed by atoms with van der Waals surface area (Å²) in [6, 6.07) is 78.3. The summed E-state index contributed by atoms with van der Waals surface area (Å²) in [6.07, 6.45) is 0. The second kappa shape index (κ2) is 12.2. The minimum absolute atomic E-state index is 1.14. The average molecular weight is 774 g/mol. The van der Waals surface area contributed by atoms with Crippen LogP contribution in [0.15, 0.2) is 212 Å². The van der Waals surface area contributed by atoms with E-state index in [1.165, 1.54) is 110 Å². The van der Waals surface area contributed by atoms with Gasteiger partial charge in [0.1, 0.15) is 0 Å². The van der Waals surface area contributed by atoms with Gasteiger partial charge in [-0.05, 0) is 94.0 Å². The predicted octanol–water partition coefficient (Wildman–Crippen LogP) is 15.4. The zero-order chi connectivity index (χ0) is 39.8. The van der Waals surface area contributed by atoms with Gasteiger partial charge in [0.15, 0.2) is 0 Å². The van der Waals surface area contributed by atoms with Gasteiger partial charge in [-0.15, -0.1) is 0 Å². The lowest BCUT2D eigenvalue weighted by atomic mass is 9.92. The highest BCUT2D eigenvalue weighted by Crippen LogP contribution is 2.54. The molecule has 13 aromatic rings. The molecule has 0 saturated carbocycles. The molecule has 0 bridgehead atoms. The first-order chi connectivity index (χ1) is 30.3. The third-order valence-electron chi connectivity index (χ3n) is 13.4. The molecule has 3 heteroatoms. The third kappa shape index (κ3) is 4.37. The van der Waals surface area contributed by atoms with E-state index >= 15 is 0 Å². The van der Waals surface area contributed by atoms with Crippen molar-refractivity contribution < 1.29 is 0 Å². The maximum Gasteiger partial charge on any atom is 0.0648 e. The van der Waals surface area contributed by atoms with Crippen molar-refractivity contribution in [3.63, 3.8) is 0 Å². The van der Waals surface area contributed by atoms with Crippen molar-refractivity contribution in [1.82, 2.24) is 13.7 Å². The van der Waals surface area contributed by atoms with Gasteiger partial charge >= 0.3 is 0 Å². The van der Waals surface area contributed by atoms with Crippen LogP contribution >= 0.6 is 0 Å². The molecular formula is C58H35N3. The number of aromatic nitrogens is 3. The molecule has 0 saturated heterocycles. The number of rotatable bonds is 4. The van der Waals surface area contributed by atoms with Gasteiger partial charge in [0.2, 0.25) is 0 Å². The lowest BCUT2D eigenvalue weighted by Gasteiger charge is -2.16. The highest BCUT2D eigenvalue weighted by atomic mass is 15.0. The second-order valence-corrected chi connectivity index (χ2v) is 16.4. The molecular weight excluding hydrogens is 739 g/mol. The van der Waals surface area contributed by atoms with E-state index in [-0.39, 0.29) is 0 Å². The van der Waals surface area contributed by atoms with Crippen LogP contribution in [0.2, 0.25) is 0 Å². The minimum atomic E-state index is 1.14. The molecule has 0 N–H and O–H groups in total. The molecule has 0 fully saturated rings. The van der Waals surface area contributed by atoms with Gasteiger partial charge in [-0.3, -0.25) is 0 Å². The first-order valence-electron chi connectivity index (χ1n) is 21.1. The van der Waals surface area contributed by atoms with Crippen molar-refractivity contribution in [3.05, 3.63) is 212 Å². The van der Waals surface area contributed by atoms with Crippen molar-refractivity contribution in [2.45, 2.75) is 0 Å². The molecule has 3 heterocycles. The molecule has 61 heavy (non-hydrogen) atoms. The largest absolute Gasteiger partial charge is 0.309 e. The van der Waals surface area contributed by atoms with E-state index in [9.17, 15) is 0 Å². The molecule has 1 aliphatic rings. The van der Waals surface area contributed by atoms with Gasteiger partial charge in [0.25, 0.3) is 0 Å². The van der Waals surface area contributed by atoms with Gasteiger partial charge in [0, 0.05) is 60.2 Å². The van der Waals surface area contributed by atoms with Crippen molar-refractivity contribution in [2.75, 3.05) is 0 Å². The molecule has 14 rings (SSSR count). The maximum absolute atomic E-state index is 2.55. The fraction of sp³-hybridized carbons (Fsp3) is 0. The van der Waals surface area contributed by atoms with Crippen LogP contribution < -0.4 is 0 Å². The van der Waals surface area contributed by atoms with Crippen LogP contribution in [0.5, 0.6) is 0 Å². The number of nitrogens with zero attached hydrogens (tertiary/aromatic N) is 3. The molecule has 10 aromatic carbocycles. The van der Waals surface area contributed by atoms with Crippen LogP contribution in [0.1, 0.15) is 0 Å². The molecule has 0 atom stereocenters. The number of hydrogen-bond acceptors (Lipinski definition) is 0. The second-order valence-electron chi connectivity index (χ2n) is 16.4. The van der Waals surface area contributed by atoms with E-state index < -0.39 is 0 Å². The Balaban J connectivity index is 1.03. The minimum Gasteiger partial charge on any atom is -0.309 e. The summed E-state index contributed by atoms with van der Waals surface area (Å²) >= 11 is 0. The summed E-state index contributed by atoms with van der Waals surface area (Å²) in [5.41, 5.74) is 18.3. The average Bonchev–Trinajstić information content (AvgIpc) is 3.95. The maximum atomic E-state index is 2.55. The Morgan fingerprint density at radius 1 is 0.213 bits per heavy atom. The van der Waals surface area contributed by atoms with E-state index in [2.05, 4.69) is 226 Å². The Hall–Kier alpha value is -8.14. The topological polar surface area (TPSA) is 14.8 Å². The zero-order valence-electron chi connectivity index (χ0n) is 33.0. The Kier molecular flexibility index (Phi) is 6.56. The van der Waals surface area contributed by atoms with Crippen molar-refractivity contribution >= 4 is 76.2 Å². The van der Waals surface area contributed by atoms with E-state index in [1.54, 1.807) is 0 Å². The molecule has 3 aromatic heterocycles. The van der Waals surface area contributed by atoms with Crippen LogP contribution in [0.3, 0.4) is 0 Å². The summed E-state index contributed by atoms with van der Waals surface area (Å²) in [5.74, 6) is 0. The van der Waals surface area contributed by atoms with Crippen molar-refractivity contribution in [3.8, 4) is 50.4 Å². The molecule has 3 nitrogen and oxygen atoms in total. The molecule has 0 amide bonds. The highest BCUT2D eigenvalue weighted by molar-refractivity contribution is 6.41. The van der Waals surface area contributed by atoms with Gasteiger partial charge in [-0.25, -0.2) is 0 Å². The van der Waals surface area contributed by atoms with E-state index in [0.29, 0.717) is 0 Å². The summed E-state index contributed by atoms with van der Waals surface area (Å²) in [4.78, 5) is 0. The van der Waals surface area contributed by atoms with Gasteiger partial charge in [-0.2, -0.15) is 0 Å². The number of hydrogen-bond donors (Lipinski definition) is 0. The molecule has 282 valence electrons. The molecule has 0 radical (unpaired) electrons. The fourth-order valence-corrected chi connectivity index (χ4v) is 10.9. The fourth-order valence-electron chi connectivity index (χ4n) is 10.9. The number of benzene rings is 10. The van der Waals surface area contributed by atoms with E-state index in [1.807, 2.05) is 0 Å². The molecule has 1 aliphatic carbocycles. The SMILES string of the molecule is c1ccc(-n2c3ccccc3c3c2c2cccc4c2c2c5c(cccc5n(-c5ccc(-c6ccc(-n7c8ccccc8c8ccccc87)cc6)cc5)c23)-c2ccccc2-4)cc1. The van der Waals surface area contributed by atoms with Gasteiger partial charge < -0.3 is 13.7 Å². The van der Waals surface area contributed by atoms with Crippen LogP contribution in [-0.4, -0.2) is 13.7 Å². The van der Waals surface area contributed by atoms with Crippen molar-refractivity contribution in [2.24, 2.45) is 0 Å². The van der Waals surface area contributed by atoms with Crippen molar-refractivity contribution in [1.29, 1.82) is 0 Å². The lowest BCUT2D eigenvalue weighted by Crippen LogP contribution is -1.97. The standard InChI is InChI=1S/C58H35N3/c1-2-14-38(15-3-1)60-51-26-11-8-20-47(51)55-57(60)48-23-12-21-45-41-16-4-5-17-42(41)46-22-13-27-52-54(46)56(53(45)48)58(55)61(52)40-34-30-37(31-35-40)36-28-32-39(33-29-36)59-49-24-9-6-18-43(49)44-19-7-10-25-50(44)59/h1-35H. The molecule has 0 unspecified atom stereocenters. The third-order valence-corrected chi connectivity index (χ3v) is 13.4. The monoisotopic (exact) mass is 773 g/mol. The normalized spacial score (nSPS) is 12.3. The Morgan fingerprint density at radius 3 is 1.28 bits per heavy atom. The predicted molar refractivity (Wildman–Crippen MR) is 257 cm³/mol. The van der Waals surface area contributed by atoms with Crippen LogP contribution in [-0.2, 0) is 0 Å². The lowest BCUT2D eigenvalue weighted by molar-refractivity contribution is 1.18. The van der Waals surface area contributed by atoms with Crippen LogP contribution in [0, 0.1) is 0 Å². The highest BCUT2D eigenvalue weighted by Gasteiger charge is 2.29. The first-order valence-corrected chi connectivity index (χ1v) is 21.1. The molecule has 0 spiro atoms. The first kappa shape index (κ1) is 32.8. The summed E-state index contributed by atoms with van der Waals surface area (Å²) < 4.78 is 7.43. The van der Waals surface area contributed by atoms with Gasteiger partial charge in [0.05, 0.1) is 33.1 Å². The summed E-state index contributed by atoms with van der Waals surface area (Å²) in [5, 5.41) is 10.3. The zero-order valence-corrected chi connectivity index (χ0v) is 33.0. The summed E-state index contributed by atoms with van der Waals surface area (Å²) in [7, 11) is 0. The van der Waals surface area contributed by atoms with E-state index in [0.717, 1.165) is 17.1 Å². The summed E-state index contributed by atoms with van der Waals surface area (Å²) in [6.45, 7) is 0. The quantitative estimate of drug-likeness (QED) is 0.169. The van der Waals surface area contributed by atoms with Crippen LogP contribution in [0.4, 0.5) is 0 Å². The molecule has 0 aliphatic heterocycles. The van der Waals surface area contributed by atoms with E-state index in [4.69, 9.17) is 0 Å². The van der Waals surface area contributed by atoms with Crippen LogP contribution in [0.25, 0.3) is 127 Å². The number of fused-ring (bicyclic) bond motifs is 11. The Labute approximate surface area is 351 Å². The Morgan fingerprint density at radius 2 is 0.639 bits per heavy atom. The Bertz CT molecular complexity index is 3900. The number of para-hydroxylation sites is 4.